The molecule has 41 heavy (non-hydrogen) atoms. The van der Waals surface area contributed by atoms with Crippen molar-refractivity contribution in [1.82, 2.24) is 24.2 Å². The van der Waals surface area contributed by atoms with Crippen molar-refractivity contribution >= 4 is 33.7 Å². The van der Waals surface area contributed by atoms with E-state index < -0.39 is 10.9 Å². The lowest BCUT2D eigenvalue weighted by molar-refractivity contribution is 0.0115. The average molecular weight is 578 g/mol. The zero-order valence-electron chi connectivity index (χ0n) is 23.0. The van der Waals surface area contributed by atoms with E-state index in [9.17, 15) is 8.42 Å². The van der Waals surface area contributed by atoms with Crippen LogP contribution in [0.4, 0.5) is 17.3 Å². The number of ether oxygens (including phenoxy) is 2. The van der Waals surface area contributed by atoms with Crippen LogP contribution in [-0.2, 0) is 22.2 Å². The highest BCUT2D eigenvalue weighted by Gasteiger charge is 2.26. The predicted molar refractivity (Wildman–Crippen MR) is 159 cm³/mol. The van der Waals surface area contributed by atoms with Gasteiger partial charge in [-0.1, -0.05) is 24.3 Å². The van der Waals surface area contributed by atoms with Crippen LogP contribution in [0.1, 0.15) is 18.4 Å². The number of aromatic nitrogens is 3. The zero-order valence-corrected chi connectivity index (χ0v) is 23.9. The van der Waals surface area contributed by atoms with E-state index in [0.29, 0.717) is 12.0 Å². The molecule has 11 nitrogen and oxygen atoms in total. The maximum atomic E-state index is 11.1. The summed E-state index contributed by atoms with van der Waals surface area (Å²) in [5, 5.41) is 8.08. The largest absolute Gasteiger partial charge is 0.494 e. The molecule has 0 saturated carbocycles. The number of hydrogen-bond acceptors (Lipinski definition) is 9. The number of fused-ring (bicyclic) bond motifs is 1. The first-order valence-corrected chi connectivity index (χ1v) is 15.1. The van der Waals surface area contributed by atoms with Gasteiger partial charge in [0.1, 0.15) is 5.75 Å². The predicted octanol–water partition coefficient (Wildman–Crippen LogP) is 3.07. The summed E-state index contributed by atoms with van der Waals surface area (Å²) in [6.45, 7) is 5.96. The maximum Gasteiger partial charge on any atom is 0.245 e. The lowest BCUT2D eigenvalue weighted by Crippen LogP contribution is -2.49. The number of thiol groups is 1. The first-order valence-electron chi connectivity index (χ1n) is 13.9. The Kier molecular flexibility index (Phi) is 8.33. The Morgan fingerprint density at radius 1 is 1.02 bits per heavy atom. The van der Waals surface area contributed by atoms with Gasteiger partial charge in [-0.05, 0) is 42.7 Å². The molecule has 2 aromatic heterocycles. The van der Waals surface area contributed by atoms with Crippen molar-refractivity contribution in [2.24, 2.45) is 0 Å². The highest BCUT2D eigenvalue weighted by atomic mass is 32.2. The third kappa shape index (κ3) is 6.15. The summed E-state index contributed by atoms with van der Waals surface area (Å²) < 4.78 is 37.8. The van der Waals surface area contributed by atoms with Crippen molar-refractivity contribution < 1.29 is 17.9 Å². The second-order valence-electron chi connectivity index (χ2n) is 10.3. The topological polar surface area (TPSA) is 113 Å². The normalized spacial score (nSPS) is 16.9. The number of anilines is 3. The minimum absolute atomic E-state index is 0.201. The summed E-state index contributed by atoms with van der Waals surface area (Å²) in [5.74, 6) is 1.14. The Bertz CT molecular complexity index is 1570. The monoisotopic (exact) mass is 577 g/mol. The van der Waals surface area contributed by atoms with Gasteiger partial charge in [0.15, 0.2) is 0 Å². The summed E-state index contributed by atoms with van der Waals surface area (Å²) in [6.07, 6.45) is 4.04. The third-order valence-electron chi connectivity index (χ3n) is 7.91. The van der Waals surface area contributed by atoms with Gasteiger partial charge in [0.25, 0.3) is 0 Å². The van der Waals surface area contributed by atoms with Crippen molar-refractivity contribution in [3.05, 3.63) is 66.4 Å². The molecule has 216 valence electrons. The molecule has 0 amide bonds. The lowest BCUT2D eigenvalue weighted by Gasteiger charge is -2.40. The van der Waals surface area contributed by atoms with E-state index in [1.165, 1.54) is 0 Å². The van der Waals surface area contributed by atoms with Crippen molar-refractivity contribution in [3.8, 4) is 17.0 Å². The molecule has 0 radical (unpaired) electrons. The number of morpholine rings is 1. The molecule has 0 atom stereocenters. The first-order chi connectivity index (χ1) is 20.1. The Morgan fingerprint density at radius 2 is 1.83 bits per heavy atom. The van der Waals surface area contributed by atoms with Crippen LogP contribution in [-0.4, -0.2) is 80.5 Å². The molecule has 2 saturated heterocycles. The number of piperidine rings is 1. The maximum absolute atomic E-state index is 11.1. The molecular formula is C29H35N7O4S. The summed E-state index contributed by atoms with van der Waals surface area (Å²) in [4.78, 5) is 9.52. The van der Waals surface area contributed by atoms with Crippen LogP contribution in [0, 0.1) is 0 Å². The van der Waals surface area contributed by atoms with Gasteiger partial charge in [-0.3, -0.25) is 4.90 Å². The number of nitrogens with one attached hydrogen (secondary N) is 2. The highest BCUT2D eigenvalue weighted by Crippen LogP contribution is 2.33. The summed E-state index contributed by atoms with van der Waals surface area (Å²) in [7, 11) is -1.02. The van der Waals surface area contributed by atoms with E-state index >= 15 is 0 Å². The Labute approximate surface area is 241 Å². The SMILES string of the molecule is COc1cc(N2CCC(N3CCOCC3)CC2)ccc1Nc1ncc2ccc(-c3ccccc3CN[SH](=O)=O)n2n1. The quantitative estimate of drug-likeness (QED) is 0.258. The zero-order chi connectivity index (χ0) is 28.2. The second-order valence-corrected chi connectivity index (χ2v) is 11.1. The van der Waals surface area contributed by atoms with Gasteiger partial charge in [-0.15, -0.1) is 5.10 Å². The Balaban J connectivity index is 1.19. The van der Waals surface area contributed by atoms with E-state index in [0.717, 1.165) is 91.7 Å². The third-order valence-corrected chi connectivity index (χ3v) is 8.33. The minimum atomic E-state index is -2.69. The fourth-order valence-electron chi connectivity index (χ4n) is 5.77. The Hall–Kier alpha value is -3.71. The lowest BCUT2D eigenvalue weighted by atomic mass is 10.0. The van der Waals surface area contributed by atoms with E-state index in [1.54, 1.807) is 13.3 Å². The smallest absolute Gasteiger partial charge is 0.245 e. The standard InChI is InChI=1S/C29H35N7O4S/c1-39-28-18-23(34-12-10-22(11-13-34)35-14-16-40-17-15-35)6-8-26(28)32-29-30-20-24-7-9-27(36(24)33-29)25-5-3-2-4-21(25)19-31-41(37)38/h2-9,18,20,22,41H,10-17,19H2,1H3,(H,32,33)(H,31,37,38). The molecule has 2 aromatic carbocycles. The Morgan fingerprint density at radius 3 is 2.61 bits per heavy atom. The van der Waals surface area contributed by atoms with Crippen LogP contribution in [0.3, 0.4) is 0 Å². The van der Waals surface area contributed by atoms with Gasteiger partial charge >= 0.3 is 0 Å². The average Bonchev–Trinajstić information content (AvgIpc) is 3.44. The van der Waals surface area contributed by atoms with Crippen molar-refractivity contribution in [2.75, 3.05) is 56.7 Å². The summed E-state index contributed by atoms with van der Waals surface area (Å²) >= 11 is 0. The number of benzene rings is 2. The van der Waals surface area contributed by atoms with Crippen LogP contribution < -0.4 is 19.7 Å². The molecule has 0 spiro atoms. The van der Waals surface area contributed by atoms with Crippen LogP contribution in [0.5, 0.6) is 5.75 Å². The van der Waals surface area contributed by atoms with Gasteiger partial charge < -0.3 is 19.7 Å². The van der Waals surface area contributed by atoms with Crippen molar-refractivity contribution in [2.45, 2.75) is 25.4 Å². The molecule has 2 aliphatic heterocycles. The molecular weight excluding hydrogens is 542 g/mol. The number of hydrogen-bond donors (Lipinski definition) is 3. The van der Waals surface area contributed by atoms with Crippen molar-refractivity contribution in [3.63, 3.8) is 0 Å². The molecule has 6 rings (SSSR count). The van der Waals surface area contributed by atoms with Gasteiger partial charge in [0.05, 0.1) is 43.4 Å². The molecule has 2 fully saturated rings. The molecule has 2 aliphatic rings. The first kappa shape index (κ1) is 27.5. The van der Waals surface area contributed by atoms with Crippen LogP contribution in [0.25, 0.3) is 16.8 Å². The minimum Gasteiger partial charge on any atom is -0.494 e. The van der Waals surface area contributed by atoms with E-state index in [-0.39, 0.29) is 6.54 Å². The molecule has 12 heteroatoms. The number of nitrogens with zero attached hydrogens (tertiary/aromatic N) is 5. The second kappa shape index (κ2) is 12.4. The van der Waals surface area contributed by atoms with Crippen LogP contribution in [0.15, 0.2) is 60.8 Å². The molecule has 0 aliphatic carbocycles. The fourth-order valence-corrected chi connectivity index (χ4v) is 6.07. The summed E-state index contributed by atoms with van der Waals surface area (Å²) in [5.41, 5.74) is 5.32. The van der Waals surface area contributed by atoms with Gasteiger partial charge in [0.2, 0.25) is 16.8 Å². The molecule has 0 unspecified atom stereocenters. The van der Waals surface area contributed by atoms with Crippen LogP contribution in [0.2, 0.25) is 0 Å². The number of rotatable bonds is 9. The van der Waals surface area contributed by atoms with E-state index in [4.69, 9.17) is 14.6 Å². The molecule has 2 N–H and O–H groups in total. The van der Waals surface area contributed by atoms with Crippen LogP contribution >= 0.6 is 0 Å². The molecule has 0 bridgehead atoms. The highest BCUT2D eigenvalue weighted by molar-refractivity contribution is 7.70. The summed E-state index contributed by atoms with van der Waals surface area (Å²) in [6, 6.07) is 18.4. The number of methoxy groups -OCH3 is 1. The molecule has 4 heterocycles. The van der Waals surface area contributed by atoms with E-state index in [2.05, 4.69) is 37.0 Å². The van der Waals surface area contributed by atoms with E-state index in [1.807, 2.05) is 47.0 Å². The van der Waals surface area contributed by atoms with Crippen molar-refractivity contribution in [1.29, 1.82) is 0 Å². The molecule has 4 aromatic rings. The van der Waals surface area contributed by atoms with Gasteiger partial charge in [-0.25, -0.2) is 22.6 Å². The van der Waals surface area contributed by atoms with Gasteiger partial charge in [-0.2, -0.15) is 0 Å². The fraction of sp³-hybridized carbons (Fsp3) is 0.379. The van der Waals surface area contributed by atoms with Gasteiger partial charge in [0, 0.05) is 56.1 Å².